The van der Waals surface area contributed by atoms with E-state index in [-0.39, 0.29) is 29.7 Å². The Morgan fingerprint density at radius 2 is 1.67 bits per heavy atom. The maximum atomic E-state index is 15.4. The average Bonchev–Trinajstić information content (AvgIpc) is 3.88. The number of amides is 4. The van der Waals surface area contributed by atoms with Crippen LogP contribution in [0.15, 0.2) is 96.6 Å². The molecule has 10 rings (SSSR count). The lowest BCUT2D eigenvalue weighted by molar-refractivity contribution is -0.131. The zero-order valence-electron chi connectivity index (χ0n) is 31.6. The number of benzene rings is 4. The van der Waals surface area contributed by atoms with Crippen molar-refractivity contribution in [3.05, 3.63) is 113 Å². The van der Waals surface area contributed by atoms with Crippen LogP contribution < -0.4 is 15.3 Å². The normalized spacial score (nSPS) is 25.4. The molecule has 0 spiro atoms. The zero-order valence-corrected chi connectivity index (χ0v) is 33.2. The van der Waals surface area contributed by atoms with Gasteiger partial charge in [0.1, 0.15) is 17.3 Å². The predicted molar refractivity (Wildman–Crippen MR) is 223 cm³/mol. The molecule has 1 saturated carbocycles. The van der Waals surface area contributed by atoms with Crippen molar-refractivity contribution < 1.29 is 34.3 Å². The quantitative estimate of drug-likeness (QED) is 0.105. The number of fused-ring (bicyclic) bond motifs is 6. The number of halogens is 1. The first-order valence-corrected chi connectivity index (χ1v) is 20.3. The number of carbonyl (C=O) groups is 4. The second-order valence-corrected chi connectivity index (χ2v) is 17.6. The number of thiophene rings is 1. The number of aromatic hydroxyl groups is 1. The molecule has 6 unspecified atom stereocenters. The molecule has 0 radical (unpaired) electrons. The summed E-state index contributed by atoms with van der Waals surface area (Å²) in [5.41, 5.74) is 1.76. The number of phenolic OH excluding ortho intramolecular Hbond substituents is 1. The summed E-state index contributed by atoms with van der Waals surface area (Å²) in [6.45, 7) is 3.79. The van der Waals surface area contributed by atoms with E-state index in [1.54, 1.807) is 54.3 Å². The summed E-state index contributed by atoms with van der Waals surface area (Å²) in [7, 11) is -0.0994. The Morgan fingerprint density at radius 1 is 0.879 bits per heavy atom. The standard InChI is InChI=1S/C44H36BClN4O7S/c1-21-29-18-24(46)12-16-34(29)58-39(21)32-20-35(48(3)47-32)50-41(53)31-19-30-27(38(44(31,2)43(50)55)37-26-10-5-4-7-22(26)11-15-33(37)51)13-14-28-36(30)42(54)49(40(28)52)25-9-6-8-23(17-25)45(56)57/h4-13,15-18,20,28,30-31,36,38,51,56-57H,14,19H2,1-3H3. The fourth-order valence-electron chi connectivity index (χ4n) is 10.4. The largest absolute Gasteiger partial charge is 0.508 e. The fourth-order valence-corrected chi connectivity index (χ4v) is 11.7. The van der Waals surface area contributed by atoms with Gasteiger partial charge in [0.25, 0.3) is 0 Å². The maximum Gasteiger partial charge on any atom is 0.488 e. The molecule has 11 nitrogen and oxygen atoms in total. The van der Waals surface area contributed by atoms with Crippen molar-refractivity contribution in [2.24, 2.45) is 36.1 Å². The van der Waals surface area contributed by atoms with E-state index in [0.717, 1.165) is 36.4 Å². The number of phenols is 1. The van der Waals surface area contributed by atoms with Crippen LogP contribution in [0, 0.1) is 36.0 Å². The lowest BCUT2D eigenvalue weighted by Gasteiger charge is -2.49. The maximum absolute atomic E-state index is 15.4. The Labute approximate surface area is 341 Å². The van der Waals surface area contributed by atoms with Crippen LogP contribution in [0.2, 0.25) is 5.02 Å². The number of anilines is 2. The van der Waals surface area contributed by atoms with Crippen molar-refractivity contribution in [3.8, 4) is 16.3 Å². The molecule has 6 aromatic rings. The summed E-state index contributed by atoms with van der Waals surface area (Å²) < 4.78 is 2.57. The molecular formula is C44H36BClN4O7S. The Balaban J connectivity index is 1.12. The molecule has 2 aliphatic heterocycles. The molecule has 6 atom stereocenters. The minimum Gasteiger partial charge on any atom is -0.508 e. The van der Waals surface area contributed by atoms with Crippen LogP contribution in [-0.4, -0.2) is 55.7 Å². The molecule has 4 heterocycles. The van der Waals surface area contributed by atoms with Gasteiger partial charge in [-0.15, -0.1) is 11.3 Å². The molecule has 290 valence electrons. The predicted octanol–water partition coefficient (Wildman–Crippen LogP) is 6.24. The van der Waals surface area contributed by atoms with E-state index in [9.17, 15) is 24.7 Å². The van der Waals surface area contributed by atoms with Crippen molar-refractivity contribution in [1.29, 1.82) is 0 Å². The molecule has 2 aliphatic carbocycles. The van der Waals surface area contributed by atoms with E-state index < -0.39 is 65.8 Å². The number of carbonyl (C=O) groups excluding carboxylic acids is 4. The van der Waals surface area contributed by atoms with Gasteiger partial charge in [0.15, 0.2) is 0 Å². The number of imide groups is 2. The Bertz CT molecular complexity index is 2850. The highest BCUT2D eigenvalue weighted by Gasteiger charge is 2.68. The third kappa shape index (κ3) is 5.03. The number of aryl methyl sites for hydroxylation is 2. The molecule has 4 aromatic carbocycles. The molecule has 0 bridgehead atoms. The fraction of sp³-hybridized carbons (Fsp3) is 0.250. The Kier molecular flexibility index (Phi) is 8.20. The van der Waals surface area contributed by atoms with Crippen molar-refractivity contribution in [2.45, 2.75) is 32.6 Å². The van der Waals surface area contributed by atoms with Gasteiger partial charge in [0.2, 0.25) is 23.6 Å². The molecule has 2 aromatic heterocycles. The smallest absolute Gasteiger partial charge is 0.488 e. The monoisotopic (exact) mass is 810 g/mol. The van der Waals surface area contributed by atoms with Crippen LogP contribution in [0.5, 0.6) is 5.75 Å². The van der Waals surface area contributed by atoms with Crippen LogP contribution in [-0.2, 0) is 26.2 Å². The van der Waals surface area contributed by atoms with Crippen LogP contribution in [0.1, 0.15) is 36.8 Å². The lowest BCUT2D eigenvalue weighted by atomic mass is 9.51. The van der Waals surface area contributed by atoms with Crippen molar-refractivity contribution in [2.75, 3.05) is 9.80 Å². The number of aromatic nitrogens is 2. The molecule has 2 saturated heterocycles. The van der Waals surface area contributed by atoms with E-state index >= 15 is 9.59 Å². The van der Waals surface area contributed by atoms with E-state index in [4.69, 9.17) is 16.7 Å². The van der Waals surface area contributed by atoms with Gasteiger partial charge in [-0.25, -0.2) is 4.90 Å². The topological polar surface area (TPSA) is 153 Å². The van der Waals surface area contributed by atoms with Crippen molar-refractivity contribution in [3.63, 3.8) is 0 Å². The van der Waals surface area contributed by atoms with Gasteiger partial charge in [0.05, 0.1) is 33.7 Å². The highest BCUT2D eigenvalue weighted by molar-refractivity contribution is 7.22. The van der Waals surface area contributed by atoms with Gasteiger partial charge in [-0.3, -0.25) is 28.8 Å². The minimum atomic E-state index is -1.80. The molecule has 3 fully saturated rings. The average molecular weight is 811 g/mol. The van der Waals surface area contributed by atoms with Gasteiger partial charge in [-0.05, 0) is 96.2 Å². The van der Waals surface area contributed by atoms with Crippen LogP contribution in [0.4, 0.5) is 11.5 Å². The minimum absolute atomic E-state index is 0.0379. The third-order valence-electron chi connectivity index (χ3n) is 13.2. The molecule has 4 aliphatic rings. The summed E-state index contributed by atoms with van der Waals surface area (Å²) in [6.07, 6.45) is 2.27. The third-order valence-corrected chi connectivity index (χ3v) is 14.7. The van der Waals surface area contributed by atoms with E-state index in [1.165, 1.54) is 17.0 Å². The number of nitrogens with zero attached hydrogens (tertiary/aromatic N) is 4. The summed E-state index contributed by atoms with van der Waals surface area (Å²) in [4.78, 5) is 62.5. The summed E-state index contributed by atoms with van der Waals surface area (Å²) in [5, 5.41) is 39.5. The highest BCUT2D eigenvalue weighted by atomic mass is 35.5. The van der Waals surface area contributed by atoms with Gasteiger partial charge >= 0.3 is 7.12 Å². The number of hydrogen-bond acceptors (Lipinski definition) is 9. The molecule has 3 N–H and O–H groups in total. The van der Waals surface area contributed by atoms with Crippen molar-refractivity contribution >= 4 is 91.5 Å². The molecular weight excluding hydrogens is 775 g/mol. The first-order valence-electron chi connectivity index (χ1n) is 19.2. The molecule has 4 amide bonds. The highest BCUT2D eigenvalue weighted by Crippen LogP contribution is 2.65. The first kappa shape index (κ1) is 36.7. The number of allylic oxidation sites excluding steroid dienone is 2. The molecule has 58 heavy (non-hydrogen) atoms. The zero-order chi connectivity index (χ0) is 40.5. The van der Waals surface area contributed by atoms with E-state index in [0.29, 0.717) is 27.5 Å². The Morgan fingerprint density at radius 3 is 2.47 bits per heavy atom. The van der Waals surface area contributed by atoms with E-state index in [1.807, 2.05) is 61.5 Å². The summed E-state index contributed by atoms with van der Waals surface area (Å²) in [5.74, 6) is -5.47. The van der Waals surface area contributed by atoms with Gasteiger partial charge in [-0.1, -0.05) is 65.7 Å². The first-order chi connectivity index (χ1) is 27.8. The van der Waals surface area contributed by atoms with Crippen molar-refractivity contribution in [1.82, 2.24) is 9.78 Å². The second kappa shape index (κ2) is 13.0. The van der Waals surface area contributed by atoms with E-state index in [2.05, 4.69) is 0 Å². The van der Waals surface area contributed by atoms with Gasteiger partial charge < -0.3 is 15.2 Å². The Hall–Kier alpha value is -5.60. The van der Waals surface area contributed by atoms with Gasteiger partial charge in [0, 0.05) is 34.3 Å². The second-order valence-electron chi connectivity index (χ2n) is 16.1. The van der Waals surface area contributed by atoms with Crippen LogP contribution >= 0.6 is 22.9 Å². The van der Waals surface area contributed by atoms with Gasteiger partial charge in [-0.2, -0.15) is 5.10 Å². The summed E-state index contributed by atoms with van der Waals surface area (Å²) in [6, 6.07) is 24.5. The summed E-state index contributed by atoms with van der Waals surface area (Å²) >= 11 is 7.88. The lowest BCUT2D eigenvalue weighted by Crippen LogP contribution is -2.49. The molecule has 14 heteroatoms. The number of hydrogen-bond donors (Lipinski definition) is 3. The SMILES string of the molecule is Cc1c(-c2cc(N3C(=O)C4CC5C(=CCC6C(=O)N(c7cccc(B(O)O)c7)C(=O)C65)C(c5c(O)ccc6ccccc56)C4(C)C3=O)n(C)n2)sc2ccc(Cl)cc12. The van der Waals surface area contributed by atoms with Crippen LogP contribution in [0.25, 0.3) is 31.4 Å². The number of rotatable bonds is 5. The van der Waals surface area contributed by atoms with Crippen LogP contribution in [0.3, 0.4) is 0 Å².